The van der Waals surface area contributed by atoms with E-state index in [1.54, 1.807) is 27.7 Å². The molecule has 0 bridgehead atoms. The highest BCUT2D eigenvalue weighted by Gasteiger charge is 2.35. The van der Waals surface area contributed by atoms with Gasteiger partial charge in [-0.25, -0.2) is 5.01 Å². The molecule has 2 aromatic heterocycles. The van der Waals surface area contributed by atoms with E-state index in [2.05, 4.69) is 28.8 Å². The first-order valence-corrected chi connectivity index (χ1v) is 11.1. The van der Waals surface area contributed by atoms with Crippen LogP contribution >= 0.6 is 22.7 Å². The van der Waals surface area contributed by atoms with Crippen molar-refractivity contribution in [3.8, 4) is 0 Å². The molecule has 142 valence electrons. The van der Waals surface area contributed by atoms with Gasteiger partial charge in [-0.1, -0.05) is 18.9 Å². The molecule has 0 aromatic carbocycles. The molecule has 0 radical (unpaired) electrons. The lowest BCUT2D eigenvalue weighted by Crippen LogP contribution is -2.39. The van der Waals surface area contributed by atoms with Crippen LogP contribution < -0.4 is 5.32 Å². The summed E-state index contributed by atoms with van der Waals surface area (Å²) in [6.07, 6.45) is 4.78. The molecule has 2 aromatic rings. The monoisotopic (exact) mass is 401 g/mol. The number of amides is 2. The Kier molecular flexibility index (Phi) is 5.41. The normalized spacial score (nSPS) is 20.1. The van der Waals surface area contributed by atoms with Gasteiger partial charge in [-0.2, -0.15) is 5.10 Å². The molecule has 2 amide bonds. The number of hydrazone groups is 1. The van der Waals surface area contributed by atoms with Gasteiger partial charge in [0, 0.05) is 17.2 Å². The van der Waals surface area contributed by atoms with E-state index in [1.807, 2.05) is 17.5 Å². The van der Waals surface area contributed by atoms with Gasteiger partial charge in [0.25, 0.3) is 5.91 Å². The van der Waals surface area contributed by atoms with E-state index in [9.17, 15) is 9.59 Å². The molecule has 7 heteroatoms. The van der Waals surface area contributed by atoms with Crippen LogP contribution in [0, 0.1) is 12.8 Å². The Bertz CT molecular complexity index is 850. The molecule has 0 saturated heterocycles. The molecule has 27 heavy (non-hydrogen) atoms. The number of thiophene rings is 2. The summed E-state index contributed by atoms with van der Waals surface area (Å²) in [6.45, 7) is 2.08. The van der Waals surface area contributed by atoms with Gasteiger partial charge < -0.3 is 5.32 Å². The minimum Gasteiger partial charge on any atom is -0.347 e. The lowest BCUT2D eigenvalue weighted by atomic mass is 10.1. The largest absolute Gasteiger partial charge is 0.347 e. The maximum absolute atomic E-state index is 12.9. The van der Waals surface area contributed by atoms with Crippen LogP contribution in [0.2, 0.25) is 0 Å². The molecule has 1 saturated carbocycles. The molecule has 1 N–H and O–H groups in total. The average molecular weight is 402 g/mol. The van der Waals surface area contributed by atoms with Gasteiger partial charge in [-0.15, -0.1) is 22.7 Å². The fraction of sp³-hybridized carbons (Fsp3) is 0.450. The van der Waals surface area contributed by atoms with Crippen molar-refractivity contribution in [2.24, 2.45) is 11.0 Å². The van der Waals surface area contributed by atoms with Gasteiger partial charge in [0.15, 0.2) is 0 Å². The van der Waals surface area contributed by atoms with E-state index in [-0.39, 0.29) is 30.3 Å². The first-order chi connectivity index (χ1) is 13.1. The van der Waals surface area contributed by atoms with Crippen molar-refractivity contribution in [1.29, 1.82) is 0 Å². The standard InChI is InChI=1S/C20H23N3O2S2/c1-13-8-10-27-19(13)16-11-15(17-7-4-9-26-17)22-23(16)18(24)12-21-20(25)14-5-2-3-6-14/h4,7-10,14,16H,2-3,5-6,11-12H2,1H3,(H,21,25). The third kappa shape index (κ3) is 3.84. The predicted molar refractivity (Wildman–Crippen MR) is 109 cm³/mol. The SMILES string of the molecule is Cc1ccsc1C1CC(c2cccs2)=NN1C(=O)CNC(=O)C1CCCC1. The Morgan fingerprint density at radius 2 is 2.04 bits per heavy atom. The fourth-order valence-electron chi connectivity index (χ4n) is 3.84. The summed E-state index contributed by atoms with van der Waals surface area (Å²) in [4.78, 5) is 27.4. The topological polar surface area (TPSA) is 61.8 Å². The Hall–Kier alpha value is -1.99. The van der Waals surface area contributed by atoms with Crippen LogP contribution in [0.5, 0.6) is 0 Å². The third-order valence-corrected chi connectivity index (χ3v) is 7.35. The summed E-state index contributed by atoms with van der Waals surface area (Å²) in [6, 6.07) is 6.03. The van der Waals surface area contributed by atoms with E-state index in [0.717, 1.165) is 36.3 Å². The van der Waals surface area contributed by atoms with Crippen LogP contribution in [0.15, 0.2) is 34.1 Å². The molecule has 1 aliphatic carbocycles. The van der Waals surface area contributed by atoms with Crippen molar-refractivity contribution < 1.29 is 9.59 Å². The van der Waals surface area contributed by atoms with Crippen molar-refractivity contribution in [2.75, 3.05) is 6.54 Å². The Morgan fingerprint density at radius 3 is 2.70 bits per heavy atom. The van der Waals surface area contributed by atoms with Crippen molar-refractivity contribution >= 4 is 40.2 Å². The molecule has 1 unspecified atom stereocenters. The fourth-order valence-corrected chi connectivity index (χ4v) is 5.57. The molecule has 1 aliphatic heterocycles. The molecular weight excluding hydrogens is 378 g/mol. The van der Waals surface area contributed by atoms with Gasteiger partial charge >= 0.3 is 0 Å². The predicted octanol–water partition coefficient (Wildman–Crippen LogP) is 4.10. The van der Waals surface area contributed by atoms with Crippen LogP contribution in [0.3, 0.4) is 0 Å². The molecule has 4 rings (SSSR count). The summed E-state index contributed by atoms with van der Waals surface area (Å²) in [5.41, 5.74) is 2.12. The van der Waals surface area contributed by atoms with Gasteiger partial charge in [-0.3, -0.25) is 9.59 Å². The highest BCUT2D eigenvalue weighted by atomic mass is 32.1. The first kappa shape index (κ1) is 18.4. The van der Waals surface area contributed by atoms with Gasteiger partial charge in [0.1, 0.15) is 0 Å². The van der Waals surface area contributed by atoms with Gasteiger partial charge in [0.05, 0.1) is 23.2 Å². The maximum atomic E-state index is 12.9. The maximum Gasteiger partial charge on any atom is 0.262 e. The highest BCUT2D eigenvalue weighted by Crippen LogP contribution is 2.37. The minimum atomic E-state index is -0.147. The highest BCUT2D eigenvalue weighted by molar-refractivity contribution is 7.12. The second-order valence-corrected chi connectivity index (χ2v) is 9.04. The molecule has 3 heterocycles. The lowest BCUT2D eigenvalue weighted by molar-refractivity contribution is -0.135. The number of nitrogens with zero attached hydrogens (tertiary/aromatic N) is 2. The lowest BCUT2D eigenvalue weighted by Gasteiger charge is -2.22. The van der Waals surface area contributed by atoms with Crippen LogP contribution in [0.25, 0.3) is 0 Å². The molecular formula is C20H23N3O2S2. The van der Waals surface area contributed by atoms with Crippen molar-refractivity contribution in [3.63, 3.8) is 0 Å². The quantitative estimate of drug-likeness (QED) is 0.820. The average Bonchev–Trinajstić information content (AvgIpc) is 3.45. The van der Waals surface area contributed by atoms with Crippen LogP contribution in [0.4, 0.5) is 0 Å². The number of hydrogen-bond acceptors (Lipinski definition) is 5. The number of hydrogen-bond donors (Lipinski definition) is 1. The van der Waals surface area contributed by atoms with E-state index >= 15 is 0 Å². The Labute approximate surface area is 167 Å². The summed E-state index contributed by atoms with van der Waals surface area (Å²) >= 11 is 3.30. The van der Waals surface area contributed by atoms with Gasteiger partial charge in [-0.05, 0) is 48.2 Å². The molecule has 1 atom stereocenters. The van der Waals surface area contributed by atoms with Crippen LogP contribution in [-0.2, 0) is 9.59 Å². The number of carbonyl (C=O) groups is 2. The van der Waals surface area contributed by atoms with Crippen molar-refractivity contribution in [3.05, 3.63) is 44.3 Å². The summed E-state index contributed by atoms with van der Waals surface area (Å²) in [5, 5.41) is 13.2. The Balaban J connectivity index is 1.50. The summed E-state index contributed by atoms with van der Waals surface area (Å²) < 4.78 is 0. The number of carbonyl (C=O) groups excluding carboxylic acids is 2. The second-order valence-electron chi connectivity index (χ2n) is 7.15. The van der Waals surface area contributed by atoms with Crippen LogP contribution in [0.1, 0.15) is 53.5 Å². The zero-order valence-electron chi connectivity index (χ0n) is 15.3. The molecule has 0 spiro atoms. The molecule has 2 aliphatic rings. The zero-order valence-corrected chi connectivity index (χ0v) is 16.9. The van der Waals surface area contributed by atoms with E-state index in [0.29, 0.717) is 6.42 Å². The van der Waals surface area contributed by atoms with Gasteiger partial charge in [0.2, 0.25) is 5.91 Å². The molecule has 1 fully saturated rings. The number of aryl methyl sites for hydroxylation is 1. The summed E-state index contributed by atoms with van der Waals surface area (Å²) in [7, 11) is 0. The van der Waals surface area contributed by atoms with E-state index in [4.69, 9.17) is 0 Å². The second kappa shape index (κ2) is 7.94. The summed E-state index contributed by atoms with van der Waals surface area (Å²) in [5.74, 6) is -0.0750. The third-order valence-electron chi connectivity index (χ3n) is 5.32. The zero-order chi connectivity index (χ0) is 18.8. The number of rotatable bonds is 5. The Morgan fingerprint density at radius 1 is 1.22 bits per heavy atom. The first-order valence-electron chi connectivity index (χ1n) is 9.38. The van der Waals surface area contributed by atoms with Crippen molar-refractivity contribution in [2.45, 2.75) is 45.1 Å². The molecule has 5 nitrogen and oxygen atoms in total. The van der Waals surface area contributed by atoms with Crippen molar-refractivity contribution in [1.82, 2.24) is 10.3 Å². The van der Waals surface area contributed by atoms with Crippen LogP contribution in [-0.4, -0.2) is 29.1 Å². The van der Waals surface area contributed by atoms with E-state index < -0.39 is 0 Å². The smallest absolute Gasteiger partial charge is 0.262 e. The minimum absolute atomic E-state index is 0.00589. The number of nitrogens with one attached hydrogen (secondary N) is 1. The van der Waals surface area contributed by atoms with E-state index in [1.165, 1.54) is 10.4 Å².